The molecule has 1 amide bonds. The normalized spacial score (nSPS) is 12.8. The van der Waals surface area contributed by atoms with Crippen LogP contribution in [-0.2, 0) is 10.2 Å². The summed E-state index contributed by atoms with van der Waals surface area (Å²) in [6.07, 6.45) is 5.15. The van der Waals surface area contributed by atoms with E-state index in [1.165, 1.54) is 11.1 Å². The van der Waals surface area contributed by atoms with E-state index in [0.29, 0.717) is 19.0 Å². The van der Waals surface area contributed by atoms with Gasteiger partial charge in [-0.2, -0.15) is 0 Å². The van der Waals surface area contributed by atoms with Crippen molar-refractivity contribution in [2.24, 2.45) is 5.92 Å². The smallest absolute Gasteiger partial charge is 0.275 e. The molecule has 0 saturated heterocycles. The average Bonchev–Trinajstić information content (AvgIpc) is 2.44. The van der Waals surface area contributed by atoms with Crippen molar-refractivity contribution in [2.45, 2.75) is 46.1 Å². The SMILES string of the molecule is C#CCNC(=O)C[NH2+][C@@H](c1ccc(C(C)(C)C)cc1)C(C)C. The molecule has 0 heterocycles. The zero-order chi connectivity index (χ0) is 16.8. The predicted molar refractivity (Wildman–Crippen MR) is 91.4 cm³/mol. The van der Waals surface area contributed by atoms with E-state index in [4.69, 9.17) is 6.42 Å². The van der Waals surface area contributed by atoms with Crippen molar-refractivity contribution in [3.05, 3.63) is 35.4 Å². The van der Waals surface area contributed by atoms with Gasteiger partial charge in [-0.25, -0.2) is 0 Å². The van der Waals surface area contributed by atoms with Crippen LogP contribution in [0.25, 0.3) is 0 Å². The number of carbonyl (C=O) groups is 1. The number of nitrogens with two attached hydrogens (primary N) is 1. The van der Waals surface area contributed by atoms with Gasteiger partial charge < -0.3 is 10.6 Å². The molecular weight excluding hydrogens is 272 g/mol. The van der Waals surface area contributed by atoms with Crippen LogP contribution in [0.3, 0.4) is 0 Å². The van der Waals surface area contributed by atoms with Gasteiger partial charge in [0.1, 0.15) is 6.04 Å². The lowest BCUT2D eigenvalue weighted by molar-refractivity contribution is -0.692. The van der Waals surface area contributed by atoms with Crippen molar-refractivity contribution in [1.82, 2.24) is 5.32 Å². The second-order valence-electron chi connectivity index (χ2n) is 7.06. The molecule has 0 aliphatic heterocycles. The van der Waals surface area contributed by atoms with Crippen LogP contribution >= 0.6 is 0 Å². The van der Waals surface area contributed by atoms with Gasteiger partial charge in [0.15, 0.2) is 6.54 Å². The van der Waals surface area contributed by atoms with Gasteiger partial charge in [0.05, 0.1) is 6.54 Å². The van der Waals surface area contributed by atoms with Crippen LogP contribution in [0, 0.1) is 18.3 Å². The lowest BCUT2D eigenvalue weighted by Gasteiger charge is -2.22. The third-order valence-corrected chi connectivity index (χ3v) is 3.82. The average molecular weight is 301 g/mol. The molecule has 22 heavy (non-hydrogen) atoms. The van der Waals surface area contributed by atoms with Crippen LogP contribution < -0.4 is 10.6 Å². The summed E-state index contributed by atoms with van der Waals surface area (Å²) in [4.78, 5) is 11.7. The number of nitrogens with one attached hydrogen (secondary N) is 1. The van der Waals surface area contributed by atoms with Crippen LogP contribution in [0.5, 0.6) is 0 Å². The maximum atomic E-state index is 11.7. The maximum absolute atomic E-state index is 11.7. The molecule has 3 N–H and O–H groups in total. The molecule has 3 heteroatoms. The lowest BCUT2D eigenvalue weighted by atomic mass is 9.85. The zero-order valence-corrected chi connectivity index (χ0v) is 14.4. The molecule has 1 atom stereocenters. The first-order valence-corrected chi connectivity index (χ1v) is 7.89. The highest BCUT2D eigenvalue weighted by molar-refractivity contribution is 5.76. The fraction of sp³-hybridized carbons (Fsp3) is 0.526. The first-order valence-electron chi connectivity index (χ1n) is 7.89. The molecule has 1 aromatic rings. The van der Waals surface area contributed by atoms with Gasteiger partial charge in [0.25, 0.3) is 5.91 Å². The minimum absolute atomic E-state index is 0.0186. The highest BCUT2D eigenvalue weighted by Gasteiger charge is 2.21. The van der Waals surface area contributed by atoms with Gasteiger partial charge >= 0.3 is 0 Å². The Balaban J connectivity index is 2.75. The second kappa shape index (κ2) is 8.00. The summed E-state index contributed by atoms with van der Waals surface area (Å²) in [5.74, 6) is 2.84. The van der Waals surface area contributed by atoms with Gasteiger partial charge in [-0.15, -0.1) is 6.42 Å². The van der Waals surface area contributed by atoms with Crippen molar-refractivity contribution in [3.8, 4) is 12.3 Å². The monoisotopic (exact) mass is 301 g/mol. The minimum atomic E-state index is -0.0186. The fourth-order valence-electron chi connectivity index (χ4n) is 2.45. The molecular formula is C19H29N2O+. The zero-order valence-electron chi connectivity index (χ0n) is 14.4. The number of terminal acetylenes is 1. The van der Waals surface area contributed by atoms with E-state index in [9.17, 15) is 4.79 Å². The molecule has 0 aliphatic carbocycles. The molecule has 0 aliphatic rings. The third kappa shape index (κ3) is 5.54. The Morgan fingerprint density at radius 2 is 1.86 bits per heavy atom. The largest absolute Gasteiger partial charge is 0.340 e. The Hall–Kier alpha value is -1.79. The van der Waals surface area contributed by atoms with E-state index in [1.54, 1.807) is 0 Å². The number of benzene rings is 1. The molecule has 0 aromatic heterocycles. The Labute approximate surface area is 134 Å². The molecule has 1 rings (SSSR count). The predicted octanol–water partition coefficient (Wildman–Crippen LogP) is 1.99. The standard InChI is InChI=1S/C19H28N2O/c1-7-12-20-17(22)13-21-18(14(2)3)15-8-10-16(11-9-15)19(4,5)6/h1,8-11,14,18,21H,12-13H2,2-6H3,(H,20,22)/p+1/t18-/m1/s1. The van der Waals surface area contributed by atoms with Crippen LogP contribution in [-0.4, -0.2) is 19.0 Å². The minimum Gasteiger partial charge on any atom is -0.340 e. The van der Waals surface area contributed by atoms with E-state index < -0.39 is 0 Å². The molecule has 0 spiro atoms. The highest BCUT2D eigenvalue weighted by Crippen LogP contribution is 2.25. The lowest BCUT2D eigenvalue weighted by Crippen LogP contribution is -2.88. The molecule has 0 fully saturated rings. The third-order valence-electron chi connectivity index (χ3n) is 3.82. The molecule has 0 unspecified atom stereocenters. The molecule has 3 nitrogen and oxygen atoms in total. The first-order chi connectivity index (χ1) is 10.3. The van der Waals surface area contributed by atoms with E-state index >= 15 is 0 Å². The summed E-state index contributed by atoms with van der Waals surface area (Å²) in [6.45, 7) is 11.7. The van der Waals surface area contributed by atoms with Crippen molar-refractivity contribution in [3.63, 3.8) is 0 Å². The molecule has 0 bridgehead atoms. The highest BCUT2D eigenvalue weighted by atomic mass is 16.1. The van der Waals surface area contributed by atoms with Crippen LogP contribution in [0.1, 0.15) is 51.8 Å². The van der Waals surface area contributed by atoms with Gasteiger partial charge in [0.2, 0.25) is 0 Å². The summed E-state index contributed by atoms with van der Waals surface area (Å²) >= 11 is 0. The van der Waals surface area contributed by atoms with Gasteiger partial charge in [-0.3, -0.25) is 4.79 Å². The van der Waals surface area contributed by atoms with Crippen LogP contribution in [0.4, 0.5) is 0 Å². The topological polar surface area (TPSA) is 45.7 Å². The summed E-state index contributed by atoms with van der Waals surface area (Å²) in [5.41, 5.74) is 2.74. The van der Waals surface area contributed by atoms with Gasteiger partial charge in [-0.1, -0.05) is 64.8 Å². The number of hydrogen-bond acceptors (Lipinski definition) is 1. The first kappa shape index (κ1) is 18.3. The van der Waals surface area contributed by atoms with Crippen molar-refractivity contribution in [1.29, 1.82) is 0 Å². The summed E-state index contributed by atoms with van der Waals surface area (Å²) in [7, 11) is 0. The molecule has 0 radical (unpaired) electrons. The number of carbonyl (C=O) groups excluding carboxylic acids is 1. The quantitative estimate of drug-likeness (QED) is 0.776. The Morgan fingerprint density at radius 3 is 2.32 bits per heavy atom. The second-order valence-corrected chi connectivity index (χ2v) is 7.06. The number of hydrogen-bond donors (Lipinski definition) is 2. The molecule has 120 valence electrons. The molecule has 1 aromatic carbocycles. The number of quaternary nitrogens is 1. The van der Waals surface area contributed by atoms with E-state index in [-0.39, 0.29) is 17.4 Å². The Kier molecular flexibility index (Phi) is 6.64. The van der Waals surface area contributed by atoms with Crippen LogP contribution in [0.15, 0.2) is 24.3 Å². The van der Waals surface area contributed by atoms with E-state index in [2.05, 4.69) is 75.4 Å². The number of rotatable bonds is 6. The Bertz CT molecular complexity index is 518. The van der Waals surface area contributed by atoms with Crippen molar-refractivity contribution >= 4 is 5.91 Å². The fourth-order valence-corrected chi connectivity index (χ4v) is 2.45. The number of amides is 1. The van der Waals surface area contributed by atoms with Gasteiger partial charge in [-0.05, 0) is 11.0 Å². The van der Waals surface area contributed by atoms with E-state index in [0.717, 1.165) is 0 Å². The summed E-state index contributed by atoms with van der Waals surface area (Å²) < 4.78 is 0. The van der Waals surface area contributed by atoms with Crippen molar-refractivity contribution in [2.75, 3.05) is 13.1 Å². The maximum Gasteiger partial charge on any atom is 0.275 e. The van der Waals surface area contributed by atoms with Crippen LogP contribution in [0.2, 0.25) is 0 Å². The Morgan fingerprint density at radius 1 is 1.27 bits per heavy atom. The summed E-state index contributed by atoms with van der Waals surface area (Å²) in [6, 6.07) is 9.02. The molecule has 0 saturated carbocycles. The van der Waals surface area contributed by atoms with Crippen molar-refractivity contribution < 1.29 is 10.1 Å². The van der Waals surface area contributed by atoms with Gasteiger partial charge in [0, 0.05) is 11.5 Å². The summed E-state index contributed by atoms with van der Waals surface area (Å²) in [5, 5.41) is 4.79. The van der Waals surface area contributed by atoms with E-state index in [1.807, 2.05) is 0 Å².